The number of esters is 1. The molecule has 1 aromatic heterocycles. The number of fused-ring (bicyclic) bond motifs is 1. The van der Waals surface area contributed by atoms with E-state index in [0.29, 0.717) is 38.2 Å². The quantitative estimate of drug-likeness (QED) is 0.222. The van der Waals surface area contributed by atoms with Crippen molar-refractivity contribution in [2.24, 2.45) is 22.7 Å². The number of aromatic nitrogens is 1. The number of nitrogens with one attached hydrogen (secondary N) is 1. The Morgan fingerprint density at radius 2 is 1.74 bits per heavy atom. The van der Waals surface area contributed by atoms with Gasteiger partial charge in [0.05, 0.1) is 42.5 Å². The first kappa shape index (κ1) is 40.4. The van der Waals surface area contributed by atoms with Crippen molar-refractivity contribution in [3.05, 3.63) is 30.3 Å². The number of carbonyl (C=O) groups is 4. The molecule has 2 amide bonds. The van der Waals surface area contributed by atoms with Crippen LogP contribution in [0.1, 0.15) is 107 Å². The van der Waals surface area contributed by atoms with Crippen LogP contribution < -0.4 is 14.2 Å². The van der Waals surface area contributed by atoms with Crippen molar-refractivity contribution in [2.75, 3.05) is 13.2 Å². The van der Waals surface area contributed by atoms with Crippen LogP contribution in [0.15, 0.2) is 30.3 Å². The van der Waals surface area contributed by atoms with Crippen LogP contribution in [0.2, 0.25) is 0 Å². The van der Waals surface area contributed by atoms with Crippen molar-refractivity contribution in [1.29, 1.82) is 0 Å². The summed E-state index contributed by atoms with van der Waals surface area (Å²) >= 11 is 0. The number of likely N-dealkylation sites (tertiary alicyclic amines) is 1. The topological polar surface area (TPSA) is 167 Å². The van der Waals surface area contributed by atoms with E-state index in [1.54, 1.807) is 27.7 Å². The molecule has 1 aromatic carbocycles. The molecule has 2 heterocycles. The van der Waals surface area contributed by atoms with E-state index in [-0.39, 0.29) is 37.6 Å². The standard InChI is InChI=1S/C39H55N3O10S/c1-10-25-21-39(25,35(46)41-53(47,48)52-38(9)16-17-38)22-30(43)29-19-26(50-33-27-15-13-12-14-24(27)18-31(40-33)49-11-2)23-42(29)34(45)28(36(3,4)5)20-32(44)51-37(6,7)8/h12-15,18,25-26,28-29H,10-11,16-17,19-23H2,1-9H3,(H,41,46)/t25-,26-,28-,29+,39-/m1/s1. The highest BCUT2D eigenvalue weighted by Gasteiger charge is 2.62. The Balaban J connectivity index is 1.45. The summed E-state index contributed by atoms with van der Waals surface area (Å²) in [6, 6.07) is 8.33. The van der Waals surface area contributed by atoms with E-state index in [1.165, 1.54) is 4.90 Å². The monoisotopic (exact) mass is 757 g/mol. The van der Waals surface area contributed by atoms with Crippen molar-refractivity contribution >= 4 is 44.6 Å². The van der Waals surface area contributed by atoms with Gasteiger partial charge in [-0.2, -0.15) is 13.4 Å². The van der Waals surface area contributed by atoms with Crippen LogP contribution in [0, 0.1) is 22.7 Å². The zero-order valence-corrected chi connectivity index (χ0v) is 33.3. The first-order valence-electron chi connectivity index (χ1n) is 18.6. The minimum atomic E-state index is -4.41. The summed E-state index contributed by atoms with van der Waals surface area (Å²) in [6.45, 7) is 16.6. The minimum Gasteiger partial charge on any atom is -0.478 e. The number of hydrogen-bond acceptors (Lipinski definition) is 11. The normalized spacial score (nSPS) is 24.3. The number of rotatable bonds is 15. The van der Waals surface area contributed by atoms with Gasteiger partial charge in [0, 0.05) is 24.3 Å². The number of hydrogen-bond donors (Lipinski definition) is 1. The van der Waals surface area contributed by atoms with Crippen LogP contribution in [-0.2, 0) is 38.4 Å². The minimum absolute atomic E-state index is 0.0161. The highest BCUT2D eigenvalue weighted by Crippen LogP contribution is 2.58. The average Bonchev–Trinajstić information content (AvgIpc) is 3.90. The molecule has 292 valence electrons. The second-order valence-corrected chi connectivity index (χ2v) is 18.4. The van der Waals surface area contributed by atoms with E-state index in [4.69, 9.17) is 18.4 Å². The fourth-order valence-electron chi connectivity index (χ4n) is 7.24. The Morgan fingerprint density at radius 1 is 1.06 bits per heavy atom. The van der Waals surface area contributed by atoms with Crippen LogP contribution in [-0.4, -0.2) is 78.4 Å². The predicted molar refractivity (Wildman–Crippen MR) is 197 cm³/mol. The molecule has 0 spiro atoms. The molecule has 53 heavy (non-hydrogen) atoms. The van der Waals surface area contributed by atoms with Crippen molar-refractivity contribution in [2.45, 2.75) is 131 Å². The van der Waals surface area contributed by atoms with Gasteiger partial charge in [-0.3, -0.25) is 19.2 Å². The molecule has 1 aliphatic heterocycles. The lowest BCUT2D eigenvalue weighted by atomic mass is 9.77. The molecule has 3 fully saturated rings. The number of ether oxygens (including phenoxy) is 3. The molecule has 2 aromatic rings. The second kappa shape index (κ2) is 14.8. The number of carbonyl (C=O) groups excluding carboxylic acids is 4. The summed E-state index contributed by atoms with van der Waals surface area (Å²) in [7, 11) is -4.41. The Morgan fingerprint density at radius 3 is 2.32 bits per heavy atom. The molecule has 2 aliphatic carbocycles. The van der Waals surface area contributed by atoms with Gasteiger partial charge in [0.25, 0.3) is 0 Å². The molecule has 1 saturated heterocycles. The summed E-state index contributed by atoms with van der Waals surface area (Å²) in [6.07, 6.45) is 0.919. The molecule has 2 saturated carbocycles. The Bertz CT molecular complexity index is 1850. The van der Waals surface area contributed by atoms with E-state index in [2.05, 4.69) is 9.71 Å². The van der Waals surface area contributed by atoms with Gasteiger partial charge in [-0.1, -0.05) is 52.3 Å². The van der Waals surface area contributed by atoms with Crippen LogP contribution in [0.4, 0.5) is 0 Å². The van der Waals surface area contributed by atoms with Gasteiger partial charge in [0.1, 0.15) is 11.7 Å². The first-order valence-corrected chi connectivity index (χ1v) is 20.0. The summed E-state index contributed by atoms with van der Waals surface area (Å²) < 4.78 is 50.7. The fourth-order valence-corrected chi connectivity index (χ4v) is 8.41. The van der Waals surface area contributed by atoms with E-state index in [0.717, 1.165) is 10.8 Å². The van der Waals surface area contributed by atoms with E-state index < -0.39 is 74.0 Å². The smallest absolute Gasteiger partial charge is 0.362 e. The van der Waals surface area contributed by atoms with Crippen LogP contribution in [0.3, 0.4) is 0 Å². The number of Topliss-reactive ketones (excluding diaryl/α,β-unsaturated/α-hetero) is 1. The molecule has 5 atom stereocenters. The van der Waals surface area contributed by atoms with Crippen LogP contribution in [0.5, 0.6) is 11.8 Å². The number of ketones is 1. The van der Waals surface area contributed by atoms with Crippen molar-refractivity contribution < 1.29 is 46.0 Å². The Hall–Kier alpha value is -3.78. The maximum atomic E-state index is 14.6. The molecule has 0 bridgehead atoms. The fraction of sp³-hybridized carbons (Fsp3) is 0.667. The van der Waals surface area contributed by atoms with Gasteiger partial charge in [-0.25, -0.2) is 8.91 Å². The van der Waals surface area contributed by atoms with Crippen molar-refractivity contribution in [3.8, 4) is 11.8 Å². The highest BCUT2D eigenvalue weighted by atomic mass is 32.2. The zero-order valence-electron chi connectivity index (χ0n) is 32.4. The second-order valence-electron chi connectivity index (χ2n) is 17.1. The molecule has 0 radical (unpaired) electrons. The average molecular weight is 758 g/mol. The van der Waals surface area contributed by atoms with E-state index >= 15 is 0 Å². The third-order valence-corrected chi connectivity index (χ3v) is 11.5. The summed E-state index contributed by atoms with van der Waals surface area (Å²) in [5.41, 5.74) is -3.57. The van der Waals surface area contributed by atoms with Gasteiger partial charge >= 0.3 is 16.3 Å². The molecule has 1 N–H and O–H groups in total. The number of amides is 2. The Labute approximate surface area is 313 Å². The van der Waals surface area contributed by atoms with Gasteiger partial charge in [0.15, 0.2) is 5.78 Å². The first-order chi connectivity index (χ1) is 24.6. The number of benzene rings is 1. The van der Waals surface area contributed by atoms with Crippen LogP contribution >= 0.6 is 0 Å². The molecular formula is C39H55N3O10S. The van der Waals surface area contributed by atoms with Crippen LogP contribution in [0.25, 0.3) is 10.8 Å². The van der Waals surface area contributed by atoms with E-state index in [9.17, 15) is 27.6 Å². The van der Waals surface area contributed by atoms with Crippen molar-refractivity contribution in [1.82, 2.24) is 14.6 Å². The summed E-state index contributed by atoms with van der Waals surface area (Å²) in [5.74, 6) is -2.55. The third kappa shape index (κ3) is 9.67. The zero-order chi connectivity index (χ0) is 39.1. The van der Waals surface area contributed by atoms with Gasteiger partial charge in [-0.15, -0.1) is 0 Å². The third-order valence-electron chi connectivity index (χ3n) is 10.5. The molecule has 14 heteroatoms. The van der Waals surface area contributed by atoms with Gasteiger partial charge in [-0.05, 0) is 76.7 Å². The maximum Gasteiger partial charge on any atom is 0.362 e. The molecular weight excluding hydrogens is 703 g/mol. The molecule has 13 nitrogen and oxygen atoms in total. The lowest BCUT2D eigenvalue weighted by Gasteiger charge is -2.35. The summed E-state index contributed by atoms with van der Waals surface area (Å²) in [4.78, 5) is 61.9. The predicted octanol–water partition coefficient (Wildman–Crippen LogP) is 5.68. The number of pyridine rings is 1. The Kier molecular flexibility index (Phi) is 11.3. The maximum absolute atomic E-state index is 14.6. The lowest BCUT2D eigenvalue weighted by molar-refractivity contribution is -0.161. The molecule has 0 unspecified atom stereocenters. The SMILES string of the molecule is CCOc1cc2ccccc2c(O[C@@H]2C[C@@H](C(=O)C[C@]3(C(=O)NS(=O)(=O)OC4(C)CC4)C[C@H]3CC)N(C(=O)[C@@H](CC(=O)OC(C)(C)C)C(C)(C)C)C2)n1. The lowest BCUT2D eigenvalue weighted by Crippen LogP contribution is -2.49. The van der Waals surface area contributed by atoms with Gasteiger partial charge < -0.3 is 19.1 Å². The highest BCUT2D eigenvalue weighted by molar-refractivity contribution is 7.85. The summed E-state index contributed by atoms with van der Waals surface area (Å²) in [5, 5.41) is 1.57. The van der Waals surface area contributed by atoms with Crippen molar-refractivity contribution in [3.63, 3.8) is 0 Å². The largest absolute Gasteiger partial charge is 0.478 e. The van der Waals surface area contributed by atoms with Gasteiger partial charge in [0.2, 0.25) is 23.6 Å². The molecule has 5 rings (SSSR count). The number of nitrogens with zero attached hydrogens (tertiary/aromatic N) is 2. The van der Waals surface area contributed by atoms with E-state index in [1.807, 2.05) is 65.0 Å². The molecule has 3 aliphatic rings.